The van der Waals surface area contributed by atoms with Crippen LogP contribution in [0.4, 0.5) is 5.13 Å². The number of benzene rings is 1. The minimum absolute atomic E-state index is 0.0569. The number of aromatic amines is 1. The van der Waals surface area contributed by atoms with Crippen LogP contribution in [-0.4, -0.2) is 39.8 Å². The number of carbonyl (C=O) groups is 2. The van der Waals surface area contributed by atoms with Crippen molar-refractivity contribution < 1.29 is 23.8 Å². The molecule has 176 valence electrons. The molecule has 2 aliphatic rings. The number of nitrogens with zero attached hydrogens (tertiary/aromatic N) is 2. The van der Waals surface area contributed by atoms with E-state index in [0.717, 1.165) is 15.6 Å². The topological polar surface area (TPSA) is 142 Å². The van der Waals surface area contributed by atoms with Crippen LogP contribution in [0.2, 0.25) is 0 Å². The van der Waals surface area contributed by atoms with Gasteiger partial charge >= 0.3 is 11.7 Å². The van der Waals surface area contributed by atoms with Crippen molar-refractivity contribution in [1.82, 2.24) is 14.5 Å². The predicted octanol–water partition coefficient (Wildman–Crippen LogP) is 1.62. The van der Waals surface area contributed by atoms with E-state index in [2.05, 4.69) is 15.3 Å². The predicted molar refractivity (Wildman–Crippen MR) is 121 cm³/mol. The Morgan fingerprint density at radius 2 is 2.12 bits per heavy atom. The van der Waals surface area contributed by atoms with Crippen molar-refractivity contribution >= 4 is 28.3 Å². The zero-order valence-corrected chi connectivity index (χ0v) is 18.9. The van der Waals surface area contributed by atoms with Gasteiger partial charge < -0.3 is 19.2 Å². The van der Waals surface area contributed by atoms with Crippen LogP contribution in [0.15, 0.2) is 34.0 Å². The molecule has 1 aromatic carbocycles. The summed E-state index contributed by atoms with van der Waals surface area (Å²) in [6, 6.07) is 5.08. The van der Waals surface area contributed by atoms with Gasteiger partial charge in [0.2, 0.25) is 6.79 Å². The number of anilines is 1. The molecule has 0 saturated carbocycles. The van der Waals surface area contributed by atoms with Crippen molar-refractivity contribution in [1.29, 1.82) is 0 Å². The lowest BCUT2D eigenvalue weighted by Crippen LogP contribution is -2.39. The maximum Gasteiger partial charge on any atom is 0.328 e. The van der Waals surface area contributed by atoms with E-state index in [0.29, 0.717) is 35.6 Å². The Bertz CT molecular complexity index is 1410. The Kier molecular flexibility index (Phi) is 5.65. The third-order valence-electron chi connectivity index (χ3n) is 5.59. The summed E-state index contributed by atoms with van der Waals surface area (Å²) in [6.45, 7) is 2.07. The van der Waals surface area contributed by atoms with Gasteiger partial charge in [0, 0.05) is 11.1 Å². The summed E-state index contributed by atoms with van der Waals surface area (Å²) in [4.78, 5) is 58.0. The summed E-state index contributed by atoms with van der Waals surface area (Å²) in [5.41, 5.74) is -0.397. The molecule has 1 aliphatic carbocycles. The molecule has 34 heavy (non-hydrogen) atoms. The molecule has 1 amide bonds. The number of aryl methyl sites for hydroxylation is 1. The fraction of sp³-hybridized carbons (Fsp3) is 0.318. The van der Waals surface area contributed by atoms with E-state index in [9.17, 15) is 19.2 Å². The Hall–Kier alpha value is -3.93. The molecule has 0 spiro atoms. The lowest BCUT2D eigenvalue weighted by atomic mass is 10.1. The number of amides is 1. The zero-order chi connectivity index (χ0) is 23.8. The van der Waals surface area contributed by atoms with Gasteiger partial charge in [-0.2, -0.15) is 0 Å². The zero-order valence-electron chi connectivity index (χ0n) is 18.1. The van der Waals surface area contributed by atoms with E-state index in [1.807, 2.05) is 0 Å². The second-order valence-electron chi connectivity index (χ2n) is 7.71. The summed E-state index contributed by atoms with van der Waals surface area (Å²) in [5.74, 6) is -0.395. The van der Waals surface area contributed by atoms with Gasteiger partial charge in [0.25, 0.3) is 11.5 Å². The Balaban J connectivity index is 1.36. The highest BCUT2D eigenvalue weighted by molar-refractivity contribution is 7.16. The fourth-order valence-corrected chi connectivity index (χ4v) is 4.99. The molecular formula is C22H20N4O7S. The molecule has 0 saturated heterocycles. The van der Waals surface area contributed by atoms with Crippen molar-refractivity contribution in [2.75, 3.05) is 18.7 Å². The van der Waals surface area contributed by atoms with E-state index in [1.165, 1.54) is 11.3 Å². The largest absolute Gasteiger partial charge is 0.465 e. The summed E-state index contributed by atoms with van der Waals surface area (Å²) in [7, 11) is 0. The normalized spacial score (nSPS) is 15.7. The third-order valence-corrected chi connectivity index (χ3v) is 6.64. The summed E-state index contributed by atoms with van der Waals surface area (Å²) in [5, 5.41) is 2.88. The highest BCUT2D eigenvalue weighted by Gasteiger charge is 2.34. The summed E-state index contributed by atoms with van der Waals surface area (Å²) in [6.07, 6.45) is 2.36. The smallest absolute Gasteiger partial charge is 0.328 e. The van der Waals surface area contributed by atoms with Crippen LogP contribution >= 0.6 is 11.3 Å². The van der Waals surface area contributed by atoms with Crippen molar-refractivity contribution in [3.63, 3.8) is 0 Å². The van der Waals surface area contributed by atoms with Gasteiger partial charge in [0.15, 0.2) is 16.6 Å². The standard InChI is InChI=1S/C22H20N4O7S/c1-2-31-20(29)12-4-6-16-17(12)24-21(34-16)25-18(27)13-8-23-22(30)26(19(13)28)9-11-3-5-14-15(7-11)33-10-32-14/h3,5,7-8,12H,2,4,6,9-10H2,1H3,(H,23,30)(H,24,25,27). The first-order valence-electron chi connectivity index (χ1n) is 10.6. The molecule has 1 aliphatic heterocycles. The van der Waals surface area contributed by atoms with Gasteiger partial charge in [0.05, 0.1) is 18.8 Å². The van der Waals surface area contributed by atoms with E-state index < -0.39 is 23.1 Å². The number of esters is 1. The minimum Gasteiger partial charge on any atom is -0.465 e. The van der Waals surface area contributed by atoms with E-state index in [1.54, 1.807) is 25.1 Å². The molecule has 1 atom stereocenters. The molecule has 3 aromatic rings. The van der Waals surface area contributed by atoms with Gasteiger partial charge in [0.1, 0.15) is 11.5 Å². The first-order valence-corrected chi connectivity index (χ1v) is 11.4. The van der Waals surface area contributed by atoms with E-state index in [4.69, 9.17) is 14.2 Å². The number of ether oxygens (including phenoxy) is 3. The van der Waals surface area contributed by atoms with E-state index >= 15 is 0 Å². The number of rotatable bonds is 6. The number of carbonyl (C=O) groups excluding carboxylic acids is 2. The average Bonchev–Trinajstić information content (AvgIpc) is 3.52. The molecule has 11 nitrogen and oxygen atoms in total. The van der Waals surface area contributed by atoms with Crippen LogP contribution in [0.5, 0.6) is 11.5 Å². The van der Waals surface area contributed by atoms with Crippen molar-refractivity contribution in [2.45, 2.75) is 32.2 Å². The highest BCUT2D eigenvalue weighted by atomic mass is 32.1. The summed E-state index contributed by atoms with van der Waals surface area (Å²) >= 11 is 1.25. The molecule has 3 heterocycles. The number of thiazole rings is 1. The van der Waals surface area contributed by atoms with Crippen molar-refractivity contribution in [2.24, 2.45) is 0 Å². The van der Waals surface area contributed by atoms with Crippen LogP contribution in [0.25, 0.3) is 0 Å². The first-order chi connectivity index (χ1) is 16.4. The Labute approximate surface area is 196 Å². The van der Waals surface area contributed by atoms with Gasteiger partial charge in [-0.25, -0.2) is 9.78 Å². The van der Waals surface area contributed by atoms with Gasteiger partial charge in [-0.05, 0) is 37.5 Å². The monoisotopic (exact) mass is 484 g/mol. The molecule has 12 heteroatoms. The number of hydrogen-bond donors (Lipinski definition) is 2. The third kappa shape index (κ3) is 3.96. The van der Waals surface area contributed by atoms with Crippen LogP contribution in [0.1, 0.15) is 45.8 Å². The highest BCUT2D eigenvalue weighted by Crippen LogP contribution is 2.39. The lowest BCUT2D eigenvalue weighted by molar-refractivity contribution is -0.145. The number of hydrogen-bond acceptors (Lipinski definition) is 9. The molecule has 0 radical (unpaired) electrons. The maximum atomic E-state index is 13.0. The fourth-order valence-electron chi connectivity index (χ4n) is 3.96. The molecule has 0 bridgehead atoms. The molecule has 1 unspecified atom stereocenters. The maximum absolute atomic E-state index is 13.0. The van der Waals surface area contributed by atoms with Gasteiger partial charge in [-0.1, -0.05) is 6.07 Å². The molecule has 2 N–H and O–H groups in total. The van der Waals surface area contributed by atoms with Crippen LogP contribution < -0.4 is 26.0 Å². The van der Waals surface area contributed by atoms with Crippen LogP contribution in [0, 0.1) is 0 Å². The quantitative estimate of drug-likeness (QED) is 0.503. The number of fused-ring (bicyclic) bond motifs is 2. The second kappa shape index (κ2) is 8.78. The van der Waals surface area contributed by atoms with Crippen molar-refractivity contribution in [3.8, 4) is 11.5 Å². The Morgan fingerprint density at radius 1 is 1.29 bits per heavy atom. The molecule has 2 aromatic heterocycles. The van der Waals surface area contributed by atoms with E-state index in [-0.39, 0.29) is 36.6 Å². The van der Waals surface area contributed by atoms with Crippen LogP contribution in [-0.2, 0) is 22.5 Å². The Morgan fingerprint density at radius 3 is 2.94 bits per heavy atom. The number of aromatic nitrogens is 3. The average molecular weight is 484 g/mol. The van der Waals surface area contributed by atoms with Gasteiger partial charge in [-0.3, -0.25) is 24.3 Å². The SMILES string of the molecule is CCOC(=O)C1CCc2sc(NC(=O)c3c[nH]c(=O)n(Cc4ccc5c(c4)OCO5)c3=O)nc21. The number of H-pyrrole nitrogens is 1. The molecular weight excluding hydrogens is 464 g/mol. The number of nitrogens with one attached hydrogen (secondary N) is 2. The molecule has 5 rings (SSSR count). The lowest BCUT2D eigenvalue weighted by Gasteiger charge is -2.09. The second-order valence-corrected chi connectivity index (χ2v) is 8.79. The minimum atomic E-state index is -0.743. The van der Waals surface area contributed by atoms with Crippen molar-refractivity contribution in [3.05, 3.63) is 66.9 Å². The first kappa shape index (κ1) is 21.9. The summed E-state index contributed by atoms with van der Waals surface area (Å²) < 4.78 is 16.6. The van der Waals surface area contributed by atoms with Gasteiger partial charge in [-0.15, -0.1) is 11.3 Å². The molecule has 0 fully saturated rings. The van der Waals surface area contributed by atoms with Crippen LogP contribution in [0.3, 0.4) is 0 Å².